The Bertz CT molecular complexity index is 551. The van der Waals surface area contributed by atoms with Crippen molar-refractivity contribution in [3.05, 3.63) is 24.4 Å². The standard InChI is InChI=1S/C20H34N6.HI/c1-3-24-12-8-18(9-13-24)7-11-23-20(21-2)26-16-14-25(15-17-26)19-6-4-5-10-22-19;/h4-6,10,18H,3,7-9,11-17H2,1-2H3,(H,21,23);1H. The third kappa shape index (κ3) is 6.48. The van der Waals surface area contributed by atoms with Crippen LogP contribution in [0.15, 0.2) is 29.4 Å². The molecular formula is C20H35IN6. The molecule has 1 aromatic heterocycles. The topological polar surface area (TPSA) is 47.0 Å². The average molecular weight is 486 g/mol. The first-order valence-electron chi connectivity index (χ1n) is 10.1. The molecule has 0 aromatic carbocycles. The number of guanidine groups is 1. The van der Waals surface area contributed by atoms with Crippen LogP contribution in [0.3, 0.4) is 0 Å². The summed E-state index contributed by atoms with van der Waals surface area (Å²) in [6.45, 7) is 11.0. The number of aliphatic imine (C=N–C) groups is 1. The molecule has 0 spiro atoms. The van der Waals surface area contributed by atoms with Crippen molar-refractivity contribution in [1.29, 1.82) is 0 Å². The molecule has 2 aliphatic rings. The molecule has 152 valence electrons. The Balaban J connectivity index is 0.00000261. The van der Waals surface area contributed by atoms with Crippen LogP contribution in [0, 0.1) is 5.92 Å². The van der Waals surface area contributed by atoms with E-state index >= 15 is 0 Å². The fraction of sp³-hybridized carbons (Fsp3) is 0.700. The average Bonchev–Trinajstić information content (AvgIpc) is 2.72. The van der Waals surface area contributed by atoms with Gasteiger partial charge in [-0.3, -0.25) is 4.99 Å². The second-order valence-electron chi connectivity index (χ2n) is 7.30. The summed E-state index contributed by atoms with van der Waals surface area (Å²) in [5, 5.41) is 3.59. The van der Waals surface area contributed by atoms with E-state index in [1.807, 2.05) is 19.3 Å². The van der Waals surface area contributed by atoms with E-state index in [1.54, 1.807) is 0 Å². The second-order valence-corrected chi connectivity index (χ2v) is 7.30. The van der Waals surface area contributed by atoms with E-state index in [4.69, 9.17) is 0 Å². The van der Waals surface area contributed by atoms with Gasteiger partial charge in [0.2, 0.25) is 0 Å². The van der Waals surface area contributed by atoms with Crippen LogP contribution < -0.4 is 10.2 Å². The third-order valence-electron chi connectivity index (χ3n) is 5.75. The van der Waals surface area contributed by atoms with E-state index in [9.17, 15) is 0 Å². The van der Waals surface area contributed by atoms with Gasteiger partial charge in [-0.05, 0) is 56.9 Å². The molecule has 0 bridgehead atoms. The van der Waals surface area contributed by atoms with Crippen LogP contribution in [0.1, 0.15) is 26.2 Å². The molecule has 1 aromatic rings. The second kappa shape index (κ2) is 11.7. The Hall–Kier alpha value is -1.09. The molecule has 3 rings (SSSR count). The first-order valence-corrected chi connectivity index (χ1v) is 10.1. The van der Waals surface area contributed by atoms with Gasteiger partial charge in [0, 0.05) is 46.0 Å². The smallest absolute Gasteiger partial charge is 0.193 e. The van der Waals surface area contributed by atoms with Gasteiger partial charge in [-0.1, -0.05) is 13.0 Å². The molecular weight excluding hydrogens is 451 g/mol. The molecule has 2 saturated heterocycles. The number of nitrogens with one attached hydrogen (secondary N) is 1. The lowest BCUT2D eigenvalue weighted by Crippen LogP contribution is -2.53. The summed E-state index contributed by atoms with van der Waals surface area (Å²) < 4.78 is 0. The molecule has 0 saturated carbocycles. The van der Waals surface area contributed by atoms with E-state index in [-0.39, 0.29) is 24.0 Å². The minimum absolute atomic E-state index is 0. The first-order chi connectivity index (χ1) is 12.8. The van der Waals surface area contributed by atoms with Crippen LogP contribution in [0.4, 0.5) is 5.82 Å². The van der Waals surface area contributed by atoms with Gasteiger partial charge >= 0.3 is 0 Å². The van der Waals surface area contributed by atoms with Crippen LogP contribution in [-0.2, 0) is 0 Å². The molecule has 6 nitrogen and oxygen atoms in total. The molecule has 0 unspecified atom stereocenters. The van der Waals surface area contributed by atoms with Gasteiger partial charge in [0.1, 0.15) is 5.82 Å². The lowest BCUT2D eigenvalue weighted by atomic mass is 9.93. The van der Waals surface area contributed by atoms with Gasteiger partial charge in [-0.2, -0.15) is 0 Å². The zero-order valence-electron chi connectivity index (χ0n) is 16.8. The van der Waals surface area contributed by atoms with Crippen molar-refractivity contribution in [2.75, 3.05) is 64.3 Å². The Morgan fingerprint density at radius 3 is 2.48 bits per heavy atom. The Morgan fingerprint density at radius 2 is 1.89 bits per heavy atom. The fourth-order valence-corrected chi connectivity index (χ4v) is 4.00. The van der Waals surface area contributed by atoms with E-state index in [2.05, 4.69) is 49.0 Å². The number of likely N-dealkylation sites (tertiary alicyclic amines) is 1. The minimum Gasteiger partial charge on any atom is -0.356 e. The summed E-state index contributed by atoms with van der Waals surface area (Å²) >= 11 is 0. The fourth-order valence-electron chi connectivity index (χ4n) is 4.00. The SMILES string of the molecule is CCN1CCC(CCNC(=NC)N2CCN(c3ccccn3)CC2)CC1.I. The van der Waals surface area contributed by atoms with Crippen LogP contribution in [0.5, 0.6) is 0 Å². The number of halogens is 1. The Morgan fingerprint density at radius 1 is 1.15 bits per heavy atom. The summed E-state index contributed by atoms with van der Waals surface area (Å²) in [6, 6.07) is 6.12. The van der Waals surface area contributed by atoms with E-state index in [1.165, 1.54) is 38.9 Å². The Labute approximate surface area is 181 Å². The summed E-state index contributed by atoms with van der Waals surface area (Å²) in [6.07, 6.45) is 5.81. The van der Waals surface area contributed by atoms with Crippen LogP contribution in [0.2, 0.25) is 0 Å². The normalized spacial score (nSPS) is 19.7. The molecule has 3 heterocycles. The van der Waals surface area contributed by atoms with Crippen molar-refractivity contribution in [1.82, 2.24) is 20.1 Å². The van der Waals surface area contributed by atoms with Gasteiger partial charge in [0.25, 0.3) is 0 Å². The van der Waals surface area contributed by atoms with Crippen LogP contribution in [-0.4, -0.2) is 80.1 Å². The van der Waals surface area contributed by atoms with Gasteiger partial charge < -0.3 is 20.0 Å². The van der Waals surface area contributed by atoms with Gasteiger partial charge in [-0.25, -0.2) is 4.98 Å². The summed E-state index contributed by atoms with van der Waals surface area (Å²) in [7, 11) is 1.90. The van der Waals surface area contributed by atoms with Crippen molar-refractivity contribution in [2.24, 2.45) is 10.9 Å². The van der Waals surface area contributed by atoms with Crippen molar-refractivity contribution < 1.29 is 0 Å². The predicted molar refractivity (Wildman–Crippen MR) is 124 cm³/mol. The largest absolute Gasteiger partial charge is 0.356 e. The maximum absolute atomic E-state index is 4.51. The third-order valence-corrected chi connectivity index (χ3v) is 5.75. The zero-order valence-corrected chi connectivity index (χ0v) is 19.1. The number of piperazine rings is 1. The monoisotopic (exact) mass is 486 g/mol. The highest BCUT2D eigenvalue weighted by atomic mass is 127. The van der Waals surface area contributed by atoms with Gasteiger partial charge in [-0.15, -0.1) is 24.0 Å². The van der Waals surface area contributed by atoms with Crippen molar-refractivity contribution >= 4 is 35.8 Å². The summed E-state index contributed by atoms with van der Waals surface area (Å²) in [5.41, 5.74) is 0. The van der Waals surface area contributed by atoms with Crippen molar-refractivity contribution in [3.8, 4) is 0 Å². The molecule has 0 aliphatic carbocycles. The number of nitrogens with zero attached hydrogens (tertiary/aromatic N) is 5. The molecule has 27 heavy (non-hydrogen) atoms. The molecule has 1 N–H and O–H groups in total. The zero-order chi connectivity index (χ0) is 18.2. The maximum atomic E-state index is 4.51. The van der Waals surface area contributed by atoms with Crippen molar-refractivity contribution in [2.45, 2.75) is 26.2 Å². The minimum atomic E-state index is 0. The molecule has 2 aliphatic heterocycles. The van der Waals surface area contributed by atoms with E-state index in [0.717, 1.165) is 50.4 Å². The number of piperidine rings is 1. The molecule has 0 radical (unpaired) electrons. The number of anilines is 1. The number of rotatable bonds is 5. The van der Waals surface area contributed by atoms with E-state index in [0.29, 0.717) is 0 Å². The van der Waals surface area contributed by atoms with Crippen molar-refractivity contribution in [3.63, 3.8) is 0 Å². The Kier molecular flexibility index (Phi) is 9.61. The van der Waals surface area contributed by atoms with Crippen LogP contribution >= 0.6 is 24.0 Å². The highest BCUT2D eigenvalue weighted by molar-refractivity contribution is 14.0. The van der Waals surface area contributed by atoms with Crippen LogP contribution in [0.25, 0.3) is 0 Å². The molecule has 0 atom stereocenters. The van der Waals surface area contributed by atoms with Gasteiger partial charge in [0.05, 0.1) is 0 Å². The van der Waals surface area contributed by atoms with Gasteiger partial charge in [0.15, 0.2) is 5.96 Å². The number of pyridine rings is 1. The highest BCUT2D eigenvalue weighted by Gasteiger charge is 2.21. The number of hydrogen-bond acceptors (Lipinski definition) is 4. The molecule has 2 fully saturated rings. The first kappa shape index (κ1) is 22.2. The lowest BCUT2D eigenvalue weighted by molar-refractivity contribution is 0.187. The summed E-state index contributed by atoms with van der Waals surface area (Å²) in [4.78, 5) is 16.3. The number of aromatic nitrogens is 1. The number of hydrogen-bond donors (Lipinski definition) is 1. The van der Waals surface area contributed by atoms with E-state index < -0.39 is 0 Å². The lowest BCUT2D eigenvalue weighted by Gasteiger charge is -2.37. The predicted octanol–water partition coefficient (Wildman–Crippen LogP) is 2.52. The highest BCUT2D eigenvalue weighted by Crippen LogP contribution is 2.19. The summed E-state index contributed by atoms with van der Waals surface area (Å²) in [5.74, 6) is 2.99. The quantitative estimate of drug-likeness (QED) is 0.394. The maximum Gasteiger partial charge on any atom is 0.193 e. The molecule has 7 heteroatoms. The molecule has 0 amide bonds.